The largest absolute Gasteiger partial charge is 0.472 e. The number of quaternary nitrogens is 1. The summed E-state index contributed by atoms with van der Waals surface area (Å²) in [5.41, 5.74) is 0. The van der Waals surface area contributed by atoms with E-state index >= 15 is 0 Å². The molecule has 3 unspecified atom stereocenters. The van der Waals surface area contributed by atoms with Crippen molar-refractivity contribution in [1.82, 2.24) is 5.32 Å². The van der Waals surface area contributed by atoms with E-state index in [9.17, 15) is 19.4 Å². The lowest BCUT2D eigenvalue weighted by atomic mass is 10.1. The van der Waals surface area contributed by atoms with Gasteiger partial charge in [-0.25, -0.2) is 4.57 Å². The molecule has 3 atom stereocenters. The lowest BCUT2D eigenvalue weighted by Gasteiger charge is -2.25. The van der Waals surface area contributed by atoms with Crippen LogP contribution in [0.2, 0.25) is 0 Å². The van der Waals surface area contributed by atoms with Crippen molar-refractivity contribution in [3.63, 3.8) is 0 Å². The highest BCUT2D eigenvalue weighted by Gasteiger charge is 2.27. The van der Waals surface area contributed by atoms with E-state index in [1.54, 1.807) is 6.08 Å². The summed E-state index contributed by atoms with van der Waals surface area (Å²) in [6.07, 6.45) is 45.0. The molecule has 50 heavy (non-hydrogen) atoms. The minimum absolute atomic E-state index is 0.0403. The molecule has 1 amide bonds. The molecule has 3 N–H and O–H groups in total. The van der Waals surface area contributed by atoms with Gasteiger partial charge in [0, 0.05) is 6.42 Å². The summed E-state index contributed by atoms with van der Waals surface area (Å²) < 4.78 is 23.3. The minimum atomic E-state index is -4.35. The maximum Gasteiger partial charge on any atom is 0.472 e. The lowest BCUT2D eigenvalue weighted by Crippen LogP contribution is -2.45. The fraction of sp³-hybridized carbons (Fsp3) is 0.585. The Morgan fingerprint density at radius 1 is 0.720 bits per heavy atom. The number of nitrogens with one attached hydrogen (secondary N) is 1. The van der Waals surface area contributed by atoms with Gasteiger partial charge >= 0.3 is 7.82 Å². The molecule has 0 radical (unpaired) electrons. The molecular formula is C41H70N2O6P+. The smallest absolute Gasteiger partial charge is 0.387 e. The number of likely N-dealkylation sites (N-methyl/N-ethyl adjacent to an activating group) is 1. The van der Waals surface area contributed by atoms with E-state index in [0.717, 1.165) is 77.0 Å². The molecule has 0 aromatic carbocycles. The van der Waals surface area contributed by atoms with E-state index in [1.165, 1.54) is 0 Å². The van der Waals surface area contributed by atoms with Crippen molar-refractivity contribution >= 4 is 13.7 Å². The Morgan fingerprint density at radius 2 is 1.24 bits per heavy atom. The van der Waals surface area contributed by atoms with Crippen LogP contribution in [0.25, 0.3) is 0 Å². The fourth-order valence-corrected chi connectivity index (χ4v) is 5.13. The second kappa shape index (κ2) is 32.3. The SMILES string of the molecule is C/C=C/CC/C=C/CC/C=C/C(O)C(COP(=O)(O)OCC[N+](C)(C)C)NC(=O)CCCCC/C=C\C/C=C\C/C=C\C/C=C\C/C=C\CC. The van der Waals surface area contributed by atoms with Crippen LogP contribution in [0.15, 0.2) is 97.2 Å². The number of allylic oxidation sites excluding steroid dienone is 15. The Morgan fingerprint density at radius 3 is 1.80 bits per heavy atom. The number of carbonyl (C=O) groups is 1. The van der Waals surface area contributed by atoms with Crippen molar-refractivity contribution in [1.29, 1.82) is 0 Å². The Hall–Kier alpha value is -2.58. The lowest BCUT2D eigenvalue weighted by molar-refractivity contribution is -0.870. The first kappa shape index (κ1) is 47.4. The number of aliphatic hydroxyl groups is 1. The van der Waals surface area contributed by atoms with Gasteiger partial charge in [0.05, 0.1) is 39.9 Å². The zero-order valence-corrected chi connectivity index (χ0v) is 32.7. The molecule has 8 nitrogen and oxygen atoms in total. The summed E-state index contributed by atoms with van der Waals surface area (Å²) in [5, 5.41) is 13.6. The number of phosphoric ester groups is 1. The van der Waals surface area contributed by atoms with Crippen molar-refractivity contribution in [2.75, 3.05) is 40.9 Å². The summed E-state index contributed by atoms with van der Waals surface area (Å²) in [4.78, 5) is 22.9. The van der Waals surface area contributed by atoms with Crippen LogP contribution in [0.3, 0.4) is 0 Å². The summed E-state index contributed by atoms with van der Waals surface area (Å²) in [6.45, 7) is 4.35. The highest BCUT2D eigenvalue weighted by Crippen LogP contribution is 2.43. The number of aliphatic hydroxyl groups excluding tert-OH is 1. The van der Waals surface area contributed by atoms with Gasteiger partial charge in [-0.15, -0.1) is 0 Å². The average Bonchev–Trinajstić information content (AvgIpc) is 3.06. The molecule has 0 aromatic heterocycles. The van der Waals surface area contributed by atoms with Crippen LogP contribution in [-0.2, 0) is 18.4 Å². The third kappa shape index (κ3) is 33.9. The van der Waals surface area contributed by atoms with E-state index in [-0.39, 0.29) is 19.1 Å². The number of unbranched alkanes of at least 4 members (excludes halogenated alkanes) is 5. The monoisotopic (exact) mass is 717 g/mol. The summed E-state index contributed by atoms with van der Waals surface area (Å²) in [5.74, 6) is -0.233. The third-order valence-electron chi connectivity index (χ3n) is 7.36. The van der Waals surface area contributed by atoms with Crippen LogP contribution in [0.1, 0.15) is 104 Å². The van der Waals surface area contributed by atoms with Crippen molar-refractivity contribution in [2.45, 2.75) is 116 Å². The van der Waals surface area contributed by atoms with E-state index in [1.807, 2.05) is 40.2 Å². The summed E-state index contributed by atoms with van der Waals surface area (Å²) in [7, 11) is 1.50. The molecule has 0 heterocycles. The Balaban J connectivity index is 4.58. The summed E-state index contributed by atoms with van der Waals surface area (Å²) in [6, 6.07) is -0.890. The van der Waals surface area contributed by atoms with Gasteiger partial charge < -0.3 is 19.8 Å². The fourth-order valence-electron chi connectivity index (χ4n) is 4.40. The number of nitrogens with zero attached hydrogens (tertiary/aromatic N) is 1. The first-order valence-corrected chi connectivity index (χ1v) is 20.1. The number of phosphoric acid groups is 1. The minimum Gasteiger partial charge on any atom is -0.387 e. The molecule has 9 heteroatoms. The predicted molar refractivity (Wildman–Crippen MR) is 212 cm³/mol. The zero-order valence-electron chi connectivity index (χ0n) is 31.8. The van der Waals surface area contributed by atoms with Gasteiger partial charge in [0.1, 0.15) is 13.2 Å². The molecule has 0 rings (SSSR count). The normalized spacial score (nSPS) is 15.7. The Kier molecular flexibility index (Phi) is 30.7. The van der Waals surface area contributed by atoms with Gasteiger partial charge in [0.25, 0.3) is 0 Å². The number of hydrogen-bond donors (Lipinski definition) is 3. The van der Waals surface area contributed by atoms with Gasteiger partial charge in [-0.3, -0.25) is 13.8 Å². The summed E-state index contributed by atoms with van der Waals surface area (Å²) >= 11 is 0. The second-order valence-corrected chi connectivity index (χ2v) is 14.7. The maximum atomic E-state index is 12.8. The second-order valence-electron chi connectivity index (χ2n) is 13.2. The van der Waals surface area contributed by atoms with Crippen molar-refractivity contribution < 1.29 is 32.9 Å². The van der Waals surface area contributed by atoms with Crippen LogP contribution in [0, 0.1) is 0 Å². The van der Waals surface area contributed by atoms with Gasteiger partial charge in [-0.2, -0.15) is 0 Å². The van der Waals surface area contributed by atoms with E-state index in [2.05, 4.69) is 91.2 Å². The molecule has 0 spiro atoms. The van der Waals surface area contributed by atoms with E-state index in [0.29, 0.717) is 23.9 Å². The Bertz CT molecular complexity index is 1130. The molecule has 0 saturated carbocycles. The highest BCUT2D eigenvalue weighted by molar-refractivity contribution is 7.47. The molecule has 0 bridgehead atoms. The zero-order chi connectivity index (χ0) is 37.2. The Labute approximate surface area is 305 Å². The van der Waals surface area contributed by atoms with Gasteiger partial charge in [0.2, 0.25) is 5.91 Å². The van der Waals surface area contributed by atoms with Crippen LogP contribution < -0.4 is 5.32 Å². The number of carbonyl (C=O) groups excluding carboxylic acids is 1. The van der Waals surface area contributed by atoms with Crippen LogP contribution >= 0.6 is 7.82 Å². The van der Waals surface area contributed by atoms with Crippen LogP contribution in [0.5, 0.6) is 0 Å². The van der Waals surface area contributed by atoms with Crippen LogP contribution in [-0.4, -0.2) is 73.4 Å². The van der Waals surface area contributed by atoms with Gasteiger partial charge in [0.15, 0.2) is 0 Å². The molecule has 0 aliphatic rings. The molecular weight excluding hydrogens is 647 g/mol. The molecule has 0 saturated heterocycles. The maximum absolute atomic E-state index is 12.8. The standard InChI is InChI=1S/C41H69N2O6P/c1-6-8-10-12-14-16-17-18-19-20-21-22-23-24-25-27-29-31-33-35-41(45)42-39(38-49-50(46,47)48-37-36-43(3,4)5)40(44)34-32-30-28-26-15-13-11-9-7-2/h7-10,14-16,18-19,21-22,24-26,32,34,39-40,44H,6,11-13,17,20,23,27-31,33,35-38H2,1-5H3,(H-,42,45,46,47)/p+1/b9-7+,10-8-,16-14-,19-18-,22-21-,25-24-,26-15+,34-32+. The van der Waals surface area contributed by atoms with Gasteiger partial charge in [-0.05, 0) is 84.0 Å². The molecule has 0 aliphatic carbocycles. The first-order valence-electron chi connectivity index (χ1n) is 18.6. The van der Waals surface area contributed by atoms with Crippen molar-refractivity contribution in [3.8, 4) is 0 Å². The molecule has 0 fully saturated rings. The average molecular weight is 718 g/mol. The molecule has 0 aromatic rings. The predicted octanol–water partition coefficient (Wildman–Crippen LogP) is 9.62. The van der Waals surface area contributed by atoms with E-state index in [4.69, 9.17) is 9.05 Å². The van der Waals surface area contributed by atoms with Gasteiger partial charge in [-0.1, -0.05) is 111 Å². The van der Waals surface area contributed by atoms with Crippen molar-refractivity contribution in [3.05, 3.63) is 97.2 Å². The van der Waals surface area contributed by atoms with Crippen molar-refractivity contribution in [2.24, 2.45) is 0 Å². The quantitative estimate of drug-likeness (QED) is 0.0286. The number of rotatable bonds is 31. The van der Waals surface area contributed by atoms with Crippen LogP contribution in [0.4, 0.5) is 0 Å². The molecule has 0 aliphatic heterocycles. The third-order valence-corrected chi connectivity index (χ3v) is 8.34. The first-order chi connectivity index (χ1) is 24.0. The van der Waals surface area contributed by atoms with E-state index < -0.39 is 20.0 Å². The number of hydrogen-bond acceptors (Lipinski definition) is 5. The topological polar surface area (TPSA) is 105 Å². The molecule has 284 valence electrons. The highest BCUT2D eigenvalue weighted by atomic mass is 31.2. The number of amides is 1.